The Morgan fingerprint density at radius 2 is 2.25 bits per heavy atom. The fourth-order valence-corrected chi connectivity index (χ4v) is 2.55. The molecule has 0 aliphatic rings. The number of nitrogens with one attached hydrogen (secondary N) is 1. The van der Waals surface area contributed by atoms with Gasteiger partial charge in [0.25, 0.3) is 0 Å². The summed E-state index contributed by atoms with van der Waals surface area (Å²) in [6.45, 7) is 4.65. The van der Waals surface area contributed by atoms with Crippen molar-refractivity contribution >= 4 is 10.0 Å². The largest absolute Gasteiger partial charge is 0.361 e. The molecule has 0 aliphatic heterocycles. The number of aromatic nitrogens is 1. The van der Waals surface area contributed by atoms with Crippen molar-refractivity contribution in [3.05, 3.63) is 17.5 Å². The number of rotatable bonds is 4. The standard InChI is InChI=1S/C9H13N3O3S/c1-7-4-8(11-15-7)5-16(13,14)12-9(2,3)6-10/h4,12H,5H2,1-3H3. The van der Waals surface area contributed by atoms with Gasteiger partial charge in [0.2, 0.25) is 10.0 Å². The Balaban J connectivity index is 2.78. The second-order valence-electron chi connectivity index (χ2n) is 4.03. The quantitative estimate of drug-likeness (QED) is 0.839. The molecule has 1 heterocycles. The summed E-state index contributed by atoms with van der Waals surface area (Å²) in [6, 6.07) is 3.39. The van der Waals surface area contributed by atoms with Crippen LogP contribution in [0.25, 0.3) is 0 Å². The van der Waals surface area contributed by atoms with Gasteiger partial charge in [-0.05, 0) is 20.8 Å². The van der Waals surface area contributed by atoms with Crippen LogP contribution in [0.15, 0.2) is 10.6 Å². The molecule has 0 amide bonds. The maximum absolute atomic E-state index is 11.6. The van der Waals surface area contributed by atoms with E-state index in [-0.39, 0.29) is 5.75 Å². The molecule has 0 bridgehead atoms. The minimum Gasteiger partial charge on any atom is -0.361 e. The molecule has 1 rings (SSSR count). The molecule has 0 saturated heterocycles. The van der Waals surface area contributed by atoms with Crippen LogP contribution in [0.1, 0.15) is 25.3 Å². The summed E-state index contributed by atoms with van der Waals surface area (Å²) >= 11 is 0. The van der Waals surface area contributed by atoms with E-state index in [1.165, 1.54) is 13.8 Å². The molecule has 1 N–H and O–H groups in total. The minimum atomic E-state index is -3.59. The smallest absolute Gasteiger partial charge is 0.218 e. The molecule has 7 heteroatoms. The van der Waals surface area contributed by atoms with E-state index in [0.29, 0.717) is 11.5 Å². The second kappa shape index (κ2) is 4.23. The molecule has 0 radical (unpaired) electrons. The number of nitrogens with zero attached hydrogens (tertiary/aromatic N) is 2. The third-order valence-corrected chi connectivity index (χ3v) is 3.20. The van der Waals surface area contributed by atoms with Gasteiger partial charge in [0.15, 0.2) is 0 Å². The van der Waals surface area contributed by atoms with Gasteiger partial charge in [-0.25, -0.2) is 8.42 Å². The first-order valence-electron chi connectivity index (χ1n) is 4.59. The van der Waals surface area contributed by atoms with Gasteiger partial charge in [-0.3, -0.25) is 0 Å². The Bertz CT molecular complexity index is 510. The van der Waals surface area contributed by atoms with Crippen LogP contribution < -0.4 is 4.72 Å². The summed E-state index contributed by atoms with van der Waals surface area (Å²) in [5.74, 6) is 0.250. The third kappa shape index (κ3) is 3.64. The van der Waals surface area contributed by atoms with Crippen LogP contribution in [0.2, 0.25) is 0 Å². The van der Waals surface area contributed by atoms with Crippen LogP contribution in [-0.4, -0.2) is 19.1 Å². The fraction of sp³-hybridized carbons (Fsp3) is 0.556. The van der Waals surface area contributed by atoms with E-state index >= 15 is 0 Å². The predicted molar refractivity (Wildman–Crippen MR) is 56.7 cm³/mol. The van der Waals surface area contributed by atoms with E-state index in [0.717, 1.165) is 0 Å². The third-order valence-electron chi connectivity index (χ3n) is 1.70. The van der Waals surface area contributed by atoms with Crippen molar-refractivity contribution in [2.24, 2.45) is 0 Å². The fourth-order valence-electron chi connectivity index (χ4n) is 1.13. The van der Waals surface area contributed by atoms with Gasteiger partial charge in [-0.2, -0.15) is 9.98 Å². The van der Waals surface area contributed by atoms with Crippen molar-refractivity contribution in [3.63, 3.8) is 0 Å². The number of hydrogen-bond donors (Lipinski definition) is 1. The van der Waals surface area contributed by atoms with Crippen molar-refractivity contribution in [2.45, 2.75) is 32.1 Å². The molecule has 16 heavy (non-hydrogen) atoms. The van der Waals surface area contributed by atoms with E-state index in [1.54, 1.807) is 13.0 Å². The second-order valence-corrected chi connectivity index (χ2v) is 5.75. The molecule has 0 aliphatic carbocycles. The van der Waals surface area contributed by atoms with Crippen LogP contribution in [0.5, 0.6) is 0 Å². The van der Waals surface area contributed by atoms with Crippen LogP contribution in [0.3, 0.4) is 0 Å². The Morgan fingerprint density at radius 3 is 2.69 bits per heavy atom. The van der Waals surface area contributed by atoms with Crippen LogP contribution in [0.4, 0.5) is 0 Å². The number of aryl methyl sites for hydroxylation is 1. The predicted octanol–water partition coefficient (Wildman–Crippen LogP) is 0.705. The summed E-state index contributed by atoms with van der Waals surface area (Å²) in [6.07, 6.45) is 0. The highest BCUT2D eigenvalue weighted by molar-refractivity contribution is 7.88. The zero-order valence-electron chi connectivity index (χ0n) is 9.31. The van der Waals surface area contributed by atoms with Crippen LogP contribution >= 0.6 is 0 Å². The molecular weight excluding hydrogens is 230 g/mol. The molecule has 6 nitrogen and oxygen atoms in total. The molecule has 1 aromatic rings. The Labute approximate surface area is 94.3 Å². The average molecular weight is 243 g/mol. The van der Waals surface area contributed by atoms with Crippen LogP contribution in [0, 0.1) is 18.3 Å². The van der Waals surface area contributed by atoms with Gasteiger partial charge in [0.05, 0.1) is 6.07 Å². The summed E-state index contributed by atoms with van der Waals surface area (Å²) in [7, 11) is -3.59. The van der Waals surface area contributed by atoms with E-state index in [1.807, 2.05) is 6.07 Å². The lowest BCUT2D eigenvalue weighted by Crippen LogP contribution is -2.42. The molecule has 0 saturated carbocycles. The molecule has 0 fully saturated rings. The van der Waals surface area contributed by atoms with E-state index in [2.05, 4.69) is 9.88 Å². The van der Waals surface area contributed by atoms with Gasteiger partial charge in [-0.15, -0.1) is 0 Å². The Kier molecular flexibility index (Phi) is 3.35. The monoisotopic (exact) mass is 243 g/mol. The van der Waals surface area contributed by atoms with Gasteiger partial charge >= 0.3 is 0 Å². The summed E-state index contributed by atoms with van der Waals surface area (Å²) in [5.41, 5.74) is -0.809. The Hall–Kier alpha value is -1.39. The first kappa shape index (κ1) is 12.7. The van der Waals surface area contributed by atoms with E-state index < -0.39 is 15.6 Å². The molecule has 0 unspecified atom stereocenters. The van der Waals surface area contributed by atoms with Crippen molar-refractivity contribution in [1.29, 1.82) is 5.26 Å². The topological polar surface area (TPSA) is 96.0 Å². The van der Waals surface area contributed by atoms with Gasteiger partial charge in [0, 0.05) is 6.07 Å². The molecule has 88 valence electrons. The van der Waals surface area contributed by atoms with E-state index in [4.69, 9.17) is 9.78 Å². The zero-order chi connectivity index (χ0) is 12.4. The number of sulfonamides is 1. The van der Waals surface area contributed by atoms with Gasteiger partial charge in [-0.1, -0.05) is 5.16 Å². The van der Waals surface area contributed by atoms with Crippen molar-refractivity contribution in [2.75, 3.05) is 0 Å². The summed E-state index contributed by atoms with van der Waals surface area (Å²) in [4.78, 5) is 0. The van der Waals surface area contributed by atoms with Gasteiger partial charge < -0.3 is 4.52 Å². The van der Waals surface area contributed by atoms with Crippen LogP contribution in [-0.2, 0) is 15.8 Å². The minimum absolute atomic E-state index is 0.296. The highest BCUT2D eigenvalue weighted by Crippen LogP contribution is 2.09. The van der Waals surface area contributed by atoms with Crippen molar-refractivity contribution in [1.82, 2.24) is 9.88 Å². The number of nitriles is 1. The highest BCUT2D eigenvalue weighted by Gasteiger charge is 2.25. The normalized spacial score (nSPS) is 12.4. The molecule has 1 aromatic heterocycles. The molecule has 0 atom stereocenters. The van der Waals surface area contributed by atoms with E-state index in [9.17, 15) is 8.42 Å². The van der Waals surface area contributed by atoms with Crippen molar-refractivity contribution < 1.29 is 12.9 Å². The van der Waals surface area contributed by atoms with Crippen molar-refractivity contribution in [3.8, 4) is 6.07 Å². The summed E-state index contributed by atoms with van der Waals surface area (Å²) in [5, 5.41) is 12.3. The molecular formula is C9H13N3O3S. The van der Waals surface area contributed by atoms with Gasteiger partial charge in [0.1, 0.15) is 22.7 Å². The first-order valence-corrected chi connectivity index (χ1v) is 6.24. The Morgan fingerprint density at radius 1 is 1.62 bits per heavy atom. The lowest BCUT2D eigenvalue weighted by Gasteiger charge is -2.16. The SMILES string of the molecule is Cc1cc(CS(=O)(=O)NC(C)(C)C#N)no1. The summed E-state index contributed by atoms with van der Waals surface area (Å²) < 4.78 is 30.3. The molecule has 0 aromatic carbocycles. The molecule has 0 spiro atoms. The first-order chi connectivity index (χ1) is 7.24. The maximum Gasteiger partial charge on any atom is 0.218 e. The lowest BCUT2D eigenvalue weighted by molar-refractivity contribution is 0.392. The zero-order valence-corrected chi connectivity index (χ0v) is 10.1. The maximum atomic E-state index is 11.6. The highest BCUT2D eigenvalue weighted by atomic mass is 32.2. The number of hydrogen-bond acceptors (Lipinski definition) is 5. The lowest BCUT2D eigenvalue weighted by atomic mass is 10.1. The average Bonchev–Trinajstić information content (AvgIpc) is 2.48.